The Labute approximate surface area is 108 Å². The van der Waals surface area contributed by atoms with Gasteiger partial charge < -0.3 is 10.7 Å². The van der Waals surface area contributed by atoms with Crippen molar-refractivity contribution in [2.75, 3.05) is 14.1 Å². The van der Waals surface area contributed by atoms with Crippen LogP contribution in [0.15, 0.2) is 55.1 Å². The largest absolute Gasteiger partial charge is 0.372 e. The summed E-state index contributed by atoms with van der Waals surface area (Å²) in [5.41, 5.74) is 4.17. The van der Waals surface area contributed by atoms with Crippen LogP contribution < -0.4 is 11.6 Å². The molecular formula is C12H21N5O. The maximum absolute atomic E-state index is 8.58. The van der Waals surface area contributed by atoms with Crippen LogP contribution >= 0.6 is 0 Å². The molecular weight excluding hydrogens is 230 g/mol. The van der Waals surface area contributed by atoms with Crippen molar-refractivity contribution in [3.8, 4) is 0 Å². The molecule has 0 radical (unpaired) electrons. The number of nitrogens with one attached hydrogen (secondary N) is 1. The molecule has 0 atom stereocenters. The Kier molecular flexibility index (Phi) is 17.4. The molecule has 0 spiro atoms. The highest BCUT2D eigenvalue weighted by molar-refractivity contribution is 5.42. The highest BCUT2D eigenvalue weighted by Gasteiger charge is 1.58. The minimum Gasteiger partial charge on any atom is -0.372 e. The first-order chi connectivity index (χ1) is 8.65. The molecule has 6 heteroatoms. The van der Waals surface area contributed by atoms with Crippen LogP contribution in [0.25, 0.3) is 0 Å². The first-order valence-corrected chi connectivity index (χ1v) is 5.15. The standard InChI is InChI=1S/C5H5N.C4H5N.C2H8N2.CH3NO/c1-2-4-6-5-3-1;1-2-4-5-3-1;1-4(2)3;2-1-3/h1-5H;1-5H;3H2,1-2H3;1H,(H2,2,3). The number of primary amides is 1. The van der Waals surface area contributed by atoms with E-state index >= 15 is 0 Å². The highest BCUT2D eigenvalue weighted by atomic mass is 16.1. The van der Waals surface area contributed by atoms with Gasteiger partial charge in [-0.05, 0) is 24.3 Å². The zero-order chi connectivity index (χ0) is 14.1. The number of H-pyrrole nitrogens is 1. The van der Waals surface area contributed by atoms with Crippen LogP contribution in [0.4, 0.5) is 0 Å². The molecule has 0 aromatic carbocycles. The summed E-state index contributed by atoms with van der Waals surface area (Å²) in [6.07, 6.45) is 7.50. The number of nitrogens with two attached hydrogens (primary N) is 2. The van der Waals surface area contributed by atoms with E-state index in [1.54, 1.807) is 26.5 Å². The van der Waals surface area contributed by atoms with Crippen LogP contribution in [0.3, 0.4) is 0 Å². The molecule has 0 saturated heterocycles. The SMILES string of the molecule is CN(C)N.NC=O.c1cc[nH]c1.c1ccncc1. The van der Waals surface area contributed by atoms with Crippen molar-refractivity contribution >= 4 is 6.41 Å². The van der Waals surface area contributed by atoms with Crippen LogP contribution in [-0.2, 0) is 4.79 Å². The Morgan fingerprint density at radius 2 is 1.44 bits per heavy atom. The minimum absolute atomic E-state index is 0.250. The van der Waals surface area contributed by atoms with Gasteiger partial charge in [-0.25, -0.2) is 0 Å². The van der Waals surface area contributed by atoms with Crippen molar-refractivity contribution in [3.05, 3.63) is 55.1 Å². The van der Waals surface area contributed by atoms with E-state index in [1.807, 2.05) is 42.7 Å². The Morgan fingerprint density at radius 1 is 1.06 bits per heavy atom. The Hall–Kier alpha value is -2.18. The zero-order valence-corrected chi connectivity index (χ0v) is 10.7. The molecule has 18 heavy (non-hydrogen) atoms. The summed E-state index contributed by atoms with van der Waals surface area (Å²) < 4.78 is 0. The molecule has 5 N–H and O–H groups in total. The number of pyridine rings is 1. The van der Waals surface area contributed by atoms with Gasteiger partial charge in [0.1, 0.15) is 0 Å². The third-order valence-corrected chi connectivity index (χ3v) is 1.06. The molecule has 2 heterocycles. The summed E-state index contributed by atoms with van der Waals surface area (Å²) in [5, 5.41) is 1.50. The predicted molar refractivity (Wildman–Crippen MR) is 73.2 cm³/mol. The van der Waals surface area contributed by atoms with Gasteiger partial charge in [0.05, 0.1) is 0 Å². The predicted octanol–water partition coefficient (Wildman–Crippen LogP) is 0.620. The quantitative estimate of drug-likeness (QED) is 0.363. The summed E-state index contributed by atoms with van der Waals surface area (Å²) in [5.74, 6) is 4.94. The van der Waals surface area contributed by atoms with E-state index in [0.717, 1.165) is 0 Å². The average Bonchev–Trinajstić information content (AvgIpc) is 2.90. The molecule has 0 aliphatic rings. The maximum Gasteiger partial charge on any atom is 0.204 e. The van der Waals surface area contributed by atoms with Crippen molar-refractivity contribution in [2.45, 2.75) is 0 Å². The van der Waals surface area contributed by atoms with Gasteiger partial charge in [-0.3, -0.25) is 20.6 Å². The molecule has 1 amide bonds. The molecule has 100 valence electrons. The number of aromatic nitrogens is 2. The van der Waals surface area contributed by atoms with Gasteiger partial charge in [-0.2, -0.15) is 0 Å². The van der Waals surface area contributed by atoms with E-state index in [0.29, 0.717) is 0 Å². The Morgan fingerprint density at radius 3 is 1.56 bits per heavy atom. The second-order valence-corrected chi connectivity index (χ2v) is 3.01. The highest BCUT2D eigenvalue weighted by Crippen LogP contribution is 1.73. The third kappa shape index (κ3) is 29.2. The Bertz CT molecular complexity index is 277. The monoisotopic (exact) mass is 251 g/mol. The molecule has 6 nitrogen and oxygen atoms in total. The van der Waals surface area contributed by atoms with Crippen LogP contribution in [0.5, 0.6) is 0 Å². The fraction of sp³-hybridized carbons (Fsp3) is 0.167. The number of rotatable bonds is 0. The van der Waals surface area contributed by atoms with Gasteiger partial charge >= 0.3 is 0 Å². The number of carbonyl (C=O) groups is 1. The van der Waals surface area contributed by atoms with Crippen LogP contribution in [0.1, 0.15) is 0 Å². The maximum atomic E-state index is 8.58. The number of hydrazine groups is 1. The van der Waals surface area contributed by atoms with Gasteiger partial charge in [0.25, 0.3) is 0 Å². The molecule has 2 rings (SSSR count). The van der Waals surface area contributed by atoms with Crippen molar-refractivity contribution in [3.63, 3.8) is 0 Å². The lowest BCUT2D eigenvalue weighted by molar-refractivity contribution is -0.106. The first kappa shape index (κ1) is 18.2. The van der Waals surface area contributed by atoms with Crippen molar-refractivity contribution < 1.29 is 4.79 Å². The number of nitrogens with zero attached hydrogens (tertiary/aromatic N) is 2. The number of amides is 1. The molecule has 0 aliphatic heterocycles. The smallest absolute Gasteiger partial charge is 0.204 e. The summed E-state index contributed by atoms with van der Waals surface area (Å²) >= 11 is 0. The molecule has 2 aromatic heterocycles. The topological polar surface area (TPSA) is 101 Å². The van der Waals surface area contributed by atoms with Gasteiger partial charge in [0.2, 0.25) is 6.41 Å². The minimum atomic E-state index is 0.250. The molecule has 0 unspecified atom stereocenters. The lowest BCUT2D eigenvalue weighted by Gasteiger charge is -1.91. The van der Waals surface area contributed by atoms with Crippen molar-refractivity contribution in [1.29, 1.82) is 0 Å². The number of hydrogen-bond acceptors (Lipinski definition) is 4. The van der Waals surface area contributed by atoms with Gasteiger partial charge in [-0.15, -0.1) is 0 Å². The number of aromatic amines is 1. The molecule has 0 saturated carbocycles. The Balaban J connectivity index is 0. The molecule has 0 aliphatic carbocycles. The second kappa shape index (κ2) is 17.2. The van der Waals surface area contributed by atoms with Crippen LogP contribution in [0, 0.1) is 0 Å². The molecule has 2 aromatic rings. The summed E-state index contributed by atoms with van der Waals surface area (Å²) in [6, 6.07) is 9.60. The fourth-order valence-corrected chi connectivity index (χ4v) is 0.590. The van der Waals surface area contributed by atoms with Crippen molar-refractivity contribution in [2.24, 2.45) is 11.6 Å². The van der Waals surface area contributed by atoms with E-state index in [9.17, 15) is 0 Å². The van der Waals surface area contributed by atoms with Crippen LogP contribution in [0.2, 0.25) is 0 Å². The normalized spacial score (nSPS) is 7.56. The number of carbonyl (C=O) groups excluding carboxylic acids is 1. The zero-order valence-electron chi connectivity index (χ0n) is 10.7. The molecule has 0 bridgehead atoms. The van der Waals surface area contributed by atoms with Gasteiger partial charge in [-0.1, -0.05) is 6.07 Å². The molecule has 0 fully saturated rings. The fourth-order valence-electron chi connectivity index (χ4n) is 0.590. The van der Waals surface area contributed by atoms with E-state index in [2.05, 4.69) is 15.7 Å². The number of hydrogen-bond donors (Lipinski definition) is 3. The average molecular weight is 251 g/mol. The first-order valence-electron chi connectivity index (χ1n) is 5.15. The second-order valence-electron chi connectivity index (χ2n) is 3.01. The van der Waals surface area contributed by atoms with Crippen molar-refractivity contribution in [1.82, 2.24) is 15.0 Å². The van der Waals surface area contributed by atoms with E-state index < -0.39 is 0 Å². The van der Waals surface area contributed by atoms with Gasteiger partial charge in [0, 0.05) is 38.9 Å². The van der Waals surface area contributed by atoms with E-state index in [1.165, 1.54) is 5.01 Å². The van der Waals surface area contributed by atoms with Gasteiger partial charge in [0.15, 0.2) is 0 Å². The van der Waals surface area contributed by atoms with E-state index in [-0.39, 0.29) is 6.41 Å². The third-order valence-electron chi connectivity index (χ3n) is 1.06. The summed E-state index contributed by atoms with van der Waals surface area (Å²) in [7, 11) is 3.56. The lowest BCUT2D eigenvalue weighted by atomic mass is 10.5. The van der Waals surface area contributed by atoms with Crippen LogP contribution in [-0.4, -0.2) is 35.5 Å². The summed E-state index contributed by atoms with van der Waals surface area (Å²) in [6.45, 7) is 0. The van der Waals surface area contributed by atoms with E-state index in [4.69, 9.17) is 10.6 Å². The summed E-state index contributed by atoms with van der Waals surface area (Å²) in [4.78, 5) is 15.2. The lowest BCUT2D eigenvalue weighted by Crippen LogP contribution is -2.18.